The van der Waals surface area contributed by atoms with Crippen molar-refractivity contribution in [1.82, 2.24) is 16.2 Å². The molecule has 0 radical (unpaired) electrons. The molecule has 0 bridgehead atoms. The summed E-state index contributed by atoms with van der Waals surface area (Å²) in [5.74, 6) is -0.205. The van der Waals surface area contributed by atoms with Crippen LogP contribution < -0.4 is 16.2 Å². The predicted octanol–water partition coefficient (Wildman–Crippen LogP) is 2.89. The first-order valence-electron chi connectivity index (χ1n) is 7.21. The summed E-state index contributed by atoms with van der Waals surface area (Å²) in [6.07, 6.45) is 0.962. The van der Waals surface area contributed by atoms with Gasteiger partial charge in [-0.3, -0.25) is 15.6 Å². The lowest BCUT2D eigenvalue weighted by molar-refractivity contribution is 0.0943. The fourth-order valence-electron chi connectivity index (χ4n) is 1.67. The minimum Gasteiger partial charge on any atom is -0.359 e. The lowest BCUT2D eigenvalue weighted by Crippen LogP contribution is -2.49. The Morgan fingerprint density at radius 1 is 1.19 bits per heavy atom. The van der Waals surface area contributed by atoms with Gasteiger partial charge in [0.1, 0.15) is 0 Å². The van der Waals surface area contributed by atoms with Crippen LogP contribution in [0.4, 0.5) is 0 Å². The van der Waals surface area contributed by atoms with Gasteiger partial charge in [-0.15, -0.1) is 0 Å². The third-order valence-electron chi connectivity index (χ3n) is 3.29. The highest BCUT2D eigenvalue weighted by Gasteiger charge is 2.14. The molecule has 0 aliphatic rings. The highest BCUT2D eigenvalue weighted by molar-refractivity contribution is 7.80. The SMILES string of the molecule is CC[C@@H](C)NC(=S)NNC(=O)c1ccc(C(C)(C)C)cc1. The van der Waals surface area contributed by atoms with Crippen LogP contribution in [0.25, 0.3) is 0 Å². The number of hydrogen-bond donors (Lipinski definition) is 3. The molecule has 5 heteroatoms. The van der Waals surface area contributed by atoms with E-state index in [1.165, 1.54) is 5.56 Å². The van der Waals surface area contributed by atoms with Crippen LogP contribution in [0.5, 0.6) is 0 Å². The normalized spacial score (nSPS) is 12.4. The molecular weight excluding hydrogens is 282 g/mol. The summed E-state index contributed by atoms with van der Waals surface area (Å²) in [7, 11) is 0. The van der Waals surface area contributed by atoms with E-state index in [9.17, 15) is 4.79 Å². The molecule has 21 heavy (non-hydrogen) atoms. The van der Waals surface area contributed by atoms with Crippen LogP contribution in [0.2, 0.25) is 0 Å². The van der Waals surface area contributed by atoms with Crippen LogP contribution in [-0.2, 0) is 5.41 Å². The Kier molecular flexibility index (Phi) is 6.15. The number of hydrogen-bond acceptors (Lipinski definition) is 2. The Labute approximate surface area is 132 Å². The third-order valence-corrected chi connectivity index (χ3v) is 3.51. The Morgan fingerprint density at radius 3 is 2.24 bits per heavy atom. The first-order valence-corrected chi connectivity index (χ1v) is 7.62. The minimum atomic E-state index is -0.205. The smallest absolute Gasteiger partial charge is 0.269 e. The van der Waals surface area contributed by atoms with E-state index in [4.69, 9.17) is 12.2 Å². The van der Waals surface area contributed by atoms with E-state index in [-0.39, 0.29) is 17.4 Å². The van der Waals surface area contributed by atoms with Crippen LogP contribution >= 0.6 is 12.2 Å². The van der Waals surface area contributed by atoms with Gasteiger partial charge < -0.3 is 5.32 Å². The molecule has 3 N–H and O–H groups in total. The van der Waals surface area contributed by atoms with Crippen LogP contribution in [0.3, 0.4) is 0 Å². The van der Waals surface area contributed by atoms with Crippen molar-refractivity contribution in [2.45, 2.75) is 52.5 Å². The van der Waals surface area contributed by atoms with E-state index < -0.39 is 0 Å². The second-order valence-electron chi connectivity index (χ2n) is 6.19. The zero-order chi connectivity index (χ0) is 16.0. The van der Waals surface area contributed by atoms with Crippen molar-refractivity contribution in [2.24, 2.45) is 0 Å². The molecule has 0 aromatic heterocycles. The number of rotatable bonds is 3. The first-order chi connectivity index (χ1) is 9.74. The van der Waals surface area contributed by atoms with E-state index in [0.29, 0.717) is 10.7 Å². The summed E-state index contributed by atoms with van der Waals surface area (Å²) in [6, 6.07) is 7.87. The van der Waals surface area contributed by atoms with E-state index in [2.05, 4.69) is 43.9 Å². The second-order valence-corrected chi connectivity index (χ2v) is 6.60. The number of amides is 1. The zero-order valence-corrected chi connectivity index (χ0v) is 14.2. The van der Waals surface area contributed by atoms with Crippen molar-refractivity contribution in [3.8, 4) is 0 Å². The Balaban J connectivity index is 2.55. The maximum atomic E-state index is 12.0. The topological polar surface area (TPSA) is 53.2 Å². The van der Waals surface area contributed by atoms with Gasteiger partial charge in [0.15, 0.2) is 5.11 Å². The van der Waals surface area contributed by atoms with Crippen LogP contribution in [0.1, 0.15) is 57.0 Å². The molecule has 0 heterocycles. The van der Waals surface area contributed by atoms with Crippen LogP contribution in [0.15, 0.2) is 24.3 Å². The molecule has 0 saturated carbocycles. The molecule has 0 fully saturated rings. The molecule has 0 aliphatic carbocycles. The summed E-state index contributed by atoms with van der Waals surface area (Å²) in [5.41, 5.74) is 7.18. The van der Waals surface area contributed by atoms with Gasteiger partial charge in [-0.2, -0.15) is 0 Å². The lowest BCUT2D eigenvalue weighted by atomic mass is 9.87. The minimum absolute atomic E-state index is 0.0784. The number of hydrazine groups is 1. The molecule has 4 nitrogen and oxygen atoms in total. The lowest BCUT2D eigenvalue weighted by Gasteiger charge is -2.19. The standard InChI is InChI=1S/C16H25N3OS/c1-6-11(2)17-15(21)19-18-14(20)12-7-9-13(10-8-12)16(3,4)5/h7-11H,6H2,1-5H3,(H,18,20)(H2,17,19,21)/t11-/m1/s1. The quantitative estimate of drug-likeness (QED) is 0.594. The molecule has 0 unspecified atom stereocenters. The van der Waals surface area contributed by atoms with Gasteiger partial charge in [0.05, 0.1) is 0 Å². The van der Waals surface area contributed by atoms with Gasteiger partial charge in [-0.25, -0.2) is 0 Å². The maximum absolute atomic E-state index is 12.0. The van der Waals surface area contributed by atoms with Gasteiger partial charge in [-0.05, 0) is 48.7 Å². The number of nitrogens with one attached hydrogen (secondary N) is 3. The van der Waals surface area contributed by atoms with Crippen molar-refractivity contribution in [3.63, 3.8) is 0 Å². The summed E-state index contributed by atoms with van der Waals surface area (Å²) in [6.45, 7) is 10.5. The Hall–Kier alpha value is -1.62. The molecule has 1 rings (SSSR count). The molecule has 1 atom stereocenters. The number of benzene rings is 1. The van der Waals surface area contributed by atoms with Crippen LogP contribution in [0, 0.1) is 0 Å². The molecule has 1 amide bonds. The summed E-state index contributed by atoms with van der Waals surface area (Å²) < 4.78 is 0. The average molecular weight is 307 g/mol. The second kappa shape index (κ2) is 7.41. The fourth-order valence-corrected chi connectivity index (χ4v) is 1.92. The Morgan fingerprint density at radius 2 is 1.76 bits per heavy atom. The fraction of sp³-hybridized carbons (Fsp3) is 0.500. The maximum Gasteiger partial charge on any atom is 0.269 e. The van der Waals surface area contributed by atoms with Crippen molar-refractivity contribution in [1.29, 1.82) is 0 Å². The zero-order valence-electron chi connectivity index (χ0n) is 13.4. The van der Waals surface area contributed by atoms with Gasteiger partial charge >= 0.3 is 0 Å². The van der Waals surface area contributed by atoms with E-state index in [0.717, 1.165) is 6.42 Å². The summed E-state index contributed by atoms with van der Waals surface area (Å²) in [5, 5.41) is 3.49. The van der Waals surface area contributed by atoms with Gasteiger partial charge in [0.25, 0.3) is 5.91 Å². The van der Waals surface area contributed by atoms with Crippen molar-refractivity contribution >= 4 is 23.2 Å². The van der Waals surface area contributed by atoms with E-state index >= 15 is 0 Å². The molecule has 0 aliphatic heterocycles. The van der Waals surface area contributed by atoms with E-state index in [1.54, 1.807) is 0 Å². The highest BCUT2D eigenvalue weighted by atomic mass is 32.1. The monoisotopic (exact) mass is 307 g/mol. The highest BCUT2D eigenvalue weighted by Crippen LogP contribution is 2.22. The number of carbonyl (C=O) groups excluding carboxylic acids is 1. The molecule has 1 aromatic carbocycles. The molecule has 0 saturated heterocycles. The average Bonchev–Trinajstić information content (AvgIpc) is 2.43. The molecule has 116 valence electrons. The summed E-state index contributed by atoms with van der Waals surface area (Å²) >= 11 is 5.10. The number of carbonyl (C=O) groups is 1. The van der Waals surface area contributed by atoms with Crippen LogP contribution in [-0.4, -0.2) is 17.1 Å². The molecular formula is C16H25N3OS. The van der Waals surface area contributed by atoms with Crippen molar-refractivity contribution in [3.05, 3.63) is 35.4 Å². The summed E-state index contributed by atoms with van der Waals surface area (Å²) in [4.78, 5) is 12.0. The van der Waals surface area contributed by atoms with Crippen molar-refractivity contribution < 1.29 is 4.79 Å². The Bertz CT molecular complexity index is 491. The van der Waals surface area contributed by atoms with Gasteiger partial charge in [0, 0.05) is 11.6 Å². The molecule has 0 spiro atoms. The van der Waals surface area contributed by atoms with E-state index in [1.807, 2.05) is 31.2 Å². The predicted molar refractivity (Wildman–Crippen MR) is 91.2 cm³/mol. The largest absolute Gasteiger partial charge is 0.359 e. The van der Waals surface area contributed by atoms with Crippen molar-refractivity contribution in [2.75, 3.05) is 0 Å². The molecule has 1 aromatic rings. The first kappa shape index (κ1) is 17.4. The van der Waals surface area contributed by atoms with Gasteiger partial charge in [-0.1, -0.05) is 39.8 Å². The van der Waals surface area contributed by atoms with Gasteiger partial charge in [0.2, 0.25) is 0 Å². The third kappa shape index (κ3) is 5.71. The number of thiocarbonyl (C=S) groups is 1.